The lowest BCUT2D eigenvalue weighted by molar-refractivity contribution is -0.164. The van der Waals surface area contributed by atoms with Crippen LogP contribution in [0.25, 0.3) is 0 Å². The van der Waals surface area contributed by atoms with Gasteiger partial charge in [0.1, 0.15) is 13.3 Å². The van der Waals surface area contributed by atoms with Crippen LogP contribution in [-0.4, -0.2) is 56.7 Å². The van der Waals surface area contributed by atoms with E-state index in [0.717, 1.165) is 0 Å². The highest BCUT2D eigenvalue weighted by molar-refractivity contribution is 7.85. The van der Waals surface area contributed by atoms with Gasteiger partial charge in [-0.05, 0) is 0 Å². The molecule has 0 saturated carbocycles. The van der Waals surface area contributed by atoms with Gasteiger partial charge in [0.25, 0.3) is 10.1 Å². The first-order valence-corrected chi connectivity index (χ1v) is 7.45. The molecule has 0 aliphatic heterocycles. The number of carbonyl (C=O) groups excluding carboxylic acids is 2. The van der Waals surface area contributed by atoms with Crippen LogP contribution in [0, 0.1) is 5.92 Å². The molecule has 0 bridgehead atoms. The van der Waals surface area contributed by atoms with E-state index < -0.39 is 72.6 Å². The largest absolute Gasteiger partial charge is 0.465 e. The van der Waals surface area contributed by atoms with E-state index in [1.807, 2.05) is 0 Å². The molecule has 0 rings (SSSR count). The molecule has 7 nitrogen and oxygen atoms in total. The number of rotatable bonds is 9. The Morgan fingerprint density at radius 3 is 2.18 bits per heavy atom. The van der Waals surface area contributed by atoms with E-state index in [1.54, 1.807) is 0 Å². The molecule has 1 atom stereocenters. The van der Waals surface area contributed by atoms with Gasteiger partial charge >= 0.3 is 18.1 Å². The van der Waals surface area contributed by atoms with Crippen molar-refractivity contribution < 1.29 is 49.6 Å². The van der Waals surface area contributed by atoms with Gasteiger partial charge in [0, 0.05) is 0 Å². The van der Waals surface area contributed by atoms with Gasteiger partial charge in [-0.15, -0.1) is 0 Å². The summed E-state index contributed by atoms with van der Waals surface area (Å²) in [6.07, 6.45) is -6.92. The Morgan fingerprint density at radius 2 is 1.73 bits per heavy atom. The Balaban J connectivity index is 4.63. The zero-order valence-electron chi connectivity index (χ0n) is 11.1. The lowest BCUT2D eigenvalue weighted by Crippen LogP contribution is -2.29. The third-order valence-electron chi connectivity index (χ3n) is 2.13. The average molecular weight is 354 g/mol. The second-order valence-electron chi connectivity index (χ2n) is 4.09. The van der Waals surface area contributed by atoms with Gasteiger partial charge in [0.15, 0.2) is 0 Å². The average Bonchev–Trinajstić information content (AvgIpc) is 2.32. The highest BCUT2D eigenvalue weighted by atomic mass is 32.2. The summed E-state index contributed by atoms with van der Waals surface area (Å²) in [5.41, 5.74) is 0. The highest BCUT2D eigenvalue weighted by Gasteiger charge is 2.31. The van der Waals surface area contributed by atoms with E-state index in [2.05, 4.69) is 9.47 Å². The molecule has 0 radical (unpaired) electrons. The van der Waals surface area contributed by atoms with Crippen molar-refractivity contribution in [2.24, 2.45) is 5.92 Å². The predicted octanol–water partition coefficient (Wildman–Crippen LogP) is 0.889. The van der Waals surface area contributed by atoms with Gasteiger partial charge in [0.05, 0.1) is 31.1 Å². The number of hydrogen-bond donors (Lipinski definition) is 1. The smallest absolute Gasteiger partial charge is 0.392 e. The van der Waals surface area contributed by atoms with Crippen molar-refractivity contribution >= 4 is 22.1 Å². The Bertz CT molecular complexity index is 474. The number of carbonyl (C=O) groups is 2. The third kappa shape index (κ3) is 11.3. The third-order valence-corrected chi connectivity index (χ3v) is 2.95. The summed E-state index contributed by atoms with van der Waals surface area (Å²) >= 11 is 0. The molecule has 0 amide bonds. The zero-order valence-corrected chi connectivity index (χ0v) is 12.0. The minimum atomic E-state index is -4.69. The summed E-state index contributed by atoms with van der Waals surface area (Å²) in [7, 11) is -4.69. The Hall–Kier alpha value is -1.43. The maximum Gasteiger partial charge on any atom is 0.392 e. The Labute approximate surface area is 123 Å². The van der Waals surface area contributed by atoms with Crippen LogP contribution in [0.3, 0.4) is 0 Å². The fraction of sp³-hybridized carbons (Fsp3) is 0.800. The summed E-state index contributed by atoms with van der Waals surface area (Å²) in [6.45, 7) is -2.70. The molecule has 0 aromatic heterocycles. The minimum Gasteiger partial charge on any atom is -0.465 e. The maximum atomic E-state index is 11.9. The minimum absolute atomic E-state index is 0.624. The second-order valence-corrected chi connectivity index (χ2v) is 5.59. The monoisotopic (exact) mass is 354 g/mol. The van der Waals surface area contributed by atoms with Crippen molar-refractivity contribution in [3.63, 3.8) is 0 Å². The fourth-order valence-corrected chi connectivity index (χ4v) is 2.02. The van der Waals surface area contributed by atoms with E-state index >= 15 is 0 Å². The summed E-state index contributed by atoms with van der Waals surface area (Å²) in [5.74, 6) is -5.56. The molecule has 0 aromatic carbocycles. The maximum absolute atomic E-state index is 11.9. The van der Waals surface area contributed by atoms with E-state index in [0.29, 0.717) is 0 Å². The summed E-state index contributed by atoms with van der Waals surface area (Å²) < 4.78 is 86.1. The molecular weight excluding hydrogens is 340 g/mol. The van der Waals surface area contributed by atoms with E-state index in [4.69, 9.17) is 4.55 Å². The molecule has 0 saturated heterocycles. The van der Waals surface area contributed by atoms with Gasteiger partial charge in [-0.1, -0.05) is 0 Å². The lowest BCUT2D eigenvalue weighted by atomic mass is 10.1. The molecular formula is C10H14F4O7S. The number of hydrogen-bond acceptors (Lipinski definition) is 6. The molecule has 0 heterocycles. The number of alkyl halides is 4. The topological polar surface area (TPSA) is 107 Å². The van der Waals surface area contributed by atoms with Crippen LogP contribution in [0.5, 0.6) is 0 Å². The summed E-state index contributed by atoms with van der Waals surface area (Å²) in [6, 6.07) is 0. The van der Waals surface area contributed by atoms with Crippen LogP contribution >= 0.6 is 0 Å². The molecule has 1 unspecified atom stereocenters. The van der Waals surface area contributed by atoms with Crippen molar-refractivity contribution in [1.29, 1.82) is 0 Å². The van der Waals surface area contributed by atoms with Crippen LogP contribution in [0.4, 0.5) is 17.6 Å². The highest BCUT2D eigenvalue weighted by Crippen LogP contribution is 2.20. The van der Waals surface area contributed by atoms with Gasteiger partial charge in [-0.25, -0.2) is 4.39 Å². The van der Waals surface area contributed by atoms with Crippen LogP contribution in [-0.2, 0) is 29.2 Å². The van der Waals surface area contributed by atoms with Crippen LogP contribution in [0.15, 0.2) is 0 Å². The van der Waals surface area contributed by atoms with Crippen molar-refractivity contribution in [2.45, 2.75) is 19.0 Å². The molecule has 0 aromatic rings. The number of halogens is 4. The second kappa shape index (κ2) is 8.88. The Kier molecular flexibility index (Phi) is 8.30. The van der Waals surface area contributed by atoms with Gasteiger partial charge in [0.2, 0.25) is 0 Å². The number of esters is 2. The first-order chi connectivity index (χ1) is 9.94. The first-order valence-electron chi connectivity index (χ1n) is 5.84. The SMILES string of the molecule is O=C(CC(CS(=O)(=O)O)C(=O)OCCC(F)(F)F)OCCF. The van der Waals surface area contributed by atoms with Gasteiger partial charge in [-0.3, -0.25) is 14.1 Å². The summed E-state index contributed by atoms with van der Waals surface area (Å²) in [4.78, 5) is 22.7. The van der Waals surface area contributed by atoms with Gasteiger partial charge < -0.3 is 9.47 Å². The summed E-state index contributed by atoms with van der Waals surface area (Å²) in [5, 5.41) is 0. The molecule has 22 heavy (non-hydrogen) atoms. The quantitative estimate of drug-likeness (QED) is 0.372. The standard InChI is InChI=1S/C10H14F4O7S/c11-2-4-20-8(15)5-7(6-22(17,18)19)9(16)21-3-1-10(12,13)14/h7H,1-6H2,(H,17,18,19). The van der Waals surface area contributed by atoms with E-state index in [9.17, 15) is 35.6 Å². The molecule has 0 spiro atoms. The first kappa shape index (κ1) is 20.6. The molecule has 1 N–H and O–H groups in total. The van der Waals surface area contributed by atoms with Gasteiger partial charge in [-0.2, -0.15) is 21.6 Å². The zero-order chi connectivity index (χ0) is 17.4. The van der Waals surface area contributed by atoms with Crippen LogP contribution in [0.2, 0.25) is 0 Å². The molecule has 130 valence electrons. The van der Waals surface area contributed by atoms with Crippen LogP contribution < -0.4 is 0 Å². The molecule has 0 aliphatic carbocycles. The normalized spacial score (nSPS) is 13.5. The fourth-order valence-electron chi connectivity index (χ4n) is 1.26. The van der Waals surface area contributed by atoms with Crippen molar-refractivity contribution in [2.75, 3.05) is 25.6 Å². The van der Waals surface area contributed by atoms with Crippen molar-refractivity contribution in [3.8, 4) is 0 Å². The molecule has 12 heteroatoms. The number of ether oxygens (including phenoxy) is 2. The molecule has 0 aliphatic rings. The Morgan fingerprint density at radius 1 is 1.14 bits per heavy atom. The predicted molar refractivity (Wildman–Crippen MR) is 63.1 cm³/mol. The van der Waals surface area contributed by atoms with E-state index in [-0.39, 0.29) is 0 Å². The van der Waals surface area contributed by atoms with E-state index in [1.165, 1.54) is 0 Å². The molecule has 0 fully saturated rings. The van der Waals surface area contributed by atoms with Crippen molar-refractivity contribution in [3.05, 3.63) is 0 Å². The van der Waals surface area contributed by atoms with Crippen LogP contribution in [0.1, 0.15) is 12.8 Å². The van der Waals surface area contributed by atoms with Crippen molar-refractivity contribution in [1.82, 2.24) is 0 Å². The lowest BCUT2D eigenvalue weighted by Gasteiger charge is -2.14.